The van der Waals surface area contributed by atoms with E-state index in [4.69, 9.17) is 11.6 Å². The third kappa shape index (κ3) is 4.50. The van der Waals surface area contributed by atoms with E-state index >= 15 is 0 Å². The highest BCUT2D eigenvalue weighted by molar-refractivity contribution is 7.89. The zero-order valence-electron chi connectivity index (χ0n) is 18.8. The lowest BCUT2D eigenvalue weighted by molar-refractivity contribution is -0.137. The number of alkyl halides is 3. The Kier molecular flexibility index (Phi) is 6.11. The number of aromatic nitrogens is 2. The van der Waals surface area contributed by atoms with Gasteiger partial charge in [-0.3, -0.25) is 0 Å². The smallest absolute Gasteiger partial charge is 0.385 e. The normalized spacial score (nSPS) is 16.9. The van der Waals surface area contributed by atoms with Crippen molar-refractivity contribution >= 4 is 32.7 Å². The molecule has 0 amide bonds. The number of nitrogens with zero attached hydrogens (tertiary/aromatic N) is 2. The predicted molar refractivity (Wildman–Crippen MR) is 130 cm³/mol. The van der Waals surface area contributed by atoms with Crippen molar-refractivity contribution in [2.75, 3.05) is 13.1 Å². The second-order valence-electron chi connectivity index (χ2n) is 8.76. The van der Waals surface area contributed by atoms with E-state index in [1.165, 1.54) is 22.5 Å². The highest BCUT2D eigenvalue weighted by Crippen LogP contribution is 2.40. The molecule has 1 aromatic heterocycles. The molecule has 0 bridgehead atoms. The highest BCUT2D eigenvalue weighted by atomic mass is 35.5. The van der Waals surface area contributed by atoms with Gasteiger partial charge in [0.15, 0.2) is 0 Å². The minimum atomic E-state index is -4.67. The van der Waals surface area contributed by atoms with Crippen LogP contribution in [0.5, 0.6) is 0 Å². The monoisotopic (exact) mass is 535 g/mol. The van der Waals surface area contributed by atoms with Gasteiger partial charge in [0.1, 0.15) is 5.82 Å². The summed E-state index contributed by atoms with van der Waals surface area (Å²) < 4.78 is 67.7. The van der Waals surface area contributed by atoms with Crippen molar-refractivity contribution in [2.45, 2.75) is 29.5 Å². The Morgan fingerprint density at radius 3 is 2.36 bits per heavy atom. The van der Waals surface area contributed by atoms with Gasteiger partial charge in [0, 0.05) is 18.7 Å². The van der Waals surface area contributed by atoms with Crippen LogP contribution in [0.2, 0.25) is 5.02 Å². The molecule has 6 nitrogen and oxygen atoms in total. The first-order valence-corrected chi connectivity index (χ1v) is 12.9. The molecule has 11 heteroatoms. The van der Waals surface area contributed by atoms with E-state index in [9.17, 15) is 26.7 Å². The molecule has 4 aromatic rings. The SMILES string of the molecule is O=S(=O)(c1ccc2nc(-c3ccccc3)[nH]c2c1)N1CCC(O)(c2ccc(Cl)c(C(F)(F)F)c2)CC1. The van der Waals surface area contributed by atoms with Gasteiger partial charge in [0.05, 0.1) is 32.1 Å². The van der Waals surface area contributed by atoms with Gasteiger partial charge in [-0.25, -0.2) is 13.4 Å². The van der Waals surface area contributed by atoms with Gasteiger partial charge in [0.25, 0.3) is 0 Å². The fourth-order valence-corrected chi connectivity index (χ4v) is 6.14. The van der Waals surface area contributed by atoms with Crippen LogP contribution < -0.4 is 0 Å². The van der Waals surface area contributed by atoms with Crippen LogP contribution in [0.4, 0.5) is 13.2 Å². The summed E-state index contributed by atoms with van der Waals surface area (Å²) in [6.07, 6.45) is -4.79. The number of hydrogen-bond acceptors (Lipinski definition) is 4. The van der Waals surface area contributed by atoms with Crippen molar-refractivity contribution < 1.29 is 26.7 Å². The maximum Gasteiger partial charge on any atom is 0.417 e. The molecule has 1 aliphatic rings. The average molecular weight is 536 g/mol. The summed E-state index contributed by atoms with van der Waals surface area (Å²) >= 11 is 5.70. The molecule has 2 heterocycles. The summed E-state index contributed by atoms with van der Waals surface area (Å²) in [6.45, 7) is -0.113. The molecule has 36 heavy (non-hydrogen) atoms. The van der Waals surface area contributed by atoms with Crippen molar-refractivity contribution in [2.24, 2.45) is 0 Å². The Hall–Kier alpha value is -2.92. The van der Waals surface area contributed by atoms with E-state index in [0.717, 1.165) is 17.7 Å². The second kappa shape index (κ2) is 8.88. The predicted octanol–water partition coefficient (Wildman–Crippen LogP) is 5.57. The van der Waals surface area contributed by atoms with E-state index in [0.29, 0.717) is 16.9 Å². The second-order valence-corrected chi connectivity index (χ2v) is 11.1. The zero-order valence-corrected chi connectivity index (χ0v) is 20.3. The molecular formula is C25H21ClF3N3O3S. The summed E-state index contributed by atoms with van der Waals surface area (Å²) in [6, 6.07) is 17.3. The number of rotatable bonds is 4. The van der Waals surface area contributed by atoms with Crippen LogP contribution in [-0.2, 0) is 21.8 Å². The summed E-state index contributed by atoms with van der Waals surface area (Å²) in [7, 11) is -3.91. The van der Waals surface area contributed by atoms with Gasteiger partial charge < -0.3 is 10.1 Å². The van der Waals surface area contributed by atoms with Crippen LogP contribution in [0.3, 0.4) is 0 Å². The Morgan fingerprint density at radius 2 is 1.69 bits per heavy atom. The first-order valence-electron chi connectivity index (χ1n) is 11.1. The number of fused-ring (bicyclic) bond motifs is 1. The van der Waals surface area contributed by atoms with Crippen LogP contribution in [0.15, 0.2) is 71.6 Å². The number of nitrogens with one attached hydrogen (secondary N) is 1. The molecule has 5 rings (SSSR count). The van der Waals surface area contributed by atoms with Crippen LogP contribution >= 0.6 is 11.6 Å². The first-order chi connectivity index (χ1) is 17.0. The molecule has 2 N–H and O–H groups in total. The minimum Gasteiger partial charge on any atom is -0.385 e. The van der Waals surface area contributed by atoms with Crippen LogP contribution in [-0.4, -0.2) is 40.9 Å². The van der Waals surface area contributed by atoms with Crippen molar-refractivity contribution in [3.05, 3.63) is 82.9 Å². The number of halogens is 4. The van der Waals surface area contributed by atoms with Gasteiger partial charge in [-0.05, 0) is 48.7 Å². The number of aromatic amines is 1. The molecule has 0 radical (unpaired) electrons. The third-order valence-electron chi connectivity index (χ3n) is 6.50. The van der Waals surface area contributed by atoms with Gasteiger partial charge in [-0.1, -0.05) is 48.0 Å². The largest absolute Gasteiger partial charge is 0.417 e. The maximum atomic E-state index is 13.3. The van der Waals surface area contributed by atoms with Crippen molar-refractivity contribution in [1.29, 1.82) is 0 Å². The molecule has 0 spiro atoms. The number of aliphatic hydroxyl groups is 1. The van der Waals surface area contributed by atoms with Gasteiger partial charge >= 0.3 is 6.18 Å². The zero-order chi connectivity index (χ0) is 25.7. The maximum absolute atomic E-state index is 13.3. The van der Waals surface area contributed by atoms with E-state index in [-0.39, 0.29) is 36.4 Å². The first kappa shape index (κ1) is 24.8. The molecule has 0 saturated carbocycles. The summed E-state index contributed by atoms with van der Waals surface area (Å²) in [5, 5.41) is 10.6. The molecule has 1 aliphatic heterocycles. The van der Waals surface area contributed by atoms with E-state index < -0.39 is 32.4 Å². The van der Waals surface area contributed by atoms with Crippen molar-refractivity contribution in [3.63, 3.8) is 0 Å². The number of piperidine rings is 1. The van der Waals surface area contributed by atoms with Crippen LogP contribution in [0.1, 0.15) is 24.0 Å². The number of H-pyrrole nitrogens is 1. The topological polar surface area (TPSA) is 86.3 Å². The number of hydrogen-bond donors (Lipinski definition) is 2. The van der Waals surface area contributed by atoms with E-state index in [1.54, 1.807) is 6.07 Å². The van der Waals surface area contributed by atoms with Crippen LogP contribution in [0.25, 0.3) is 22.4 Å². The van der Waals surface area contributed by atoms with Crippen molar-refractivity contribution in [1.82, 2.24) is 14.3 Å². The molecule has 0 unspecified atom stereocenters. The lowest BCUT2D eigenvalue weighted by Crippen LogP contribution is -2.45. The molecular weight excluding hydrogens is 515 g/mol. The Labute approximate surface area is 210 Å². The number of sulfonamides is 1. The van der Waals surface area contributed by atoms with Crippen molar-refractivity contribution in [3.8, 4) is 11.4 Å². The molecule has 188 valence electrons. The molecule has 0 aliphatic carbocycles. The number of imidazole rings is 1. The molecule has 3 aromatic carbocycles. The standard InChI is InChI=1S/C25H21ClF3N3O3S/c26-20-8-6-17(14-19(20)25(27,28)29)24(33)10-12-32(13-11-24)36(34,35)18-7-9-21-22(15-18)31-23(30-21)16-4-2-1-3-5-16/h1-9,14-15,33H,10-13H2,(H,30,31). The summed E-state index contributed by atoms with van der Waals surface area (Å²) in [5.74, 6) is 0.615. The Balaban J connectivity index is 1.37. The van der Waals surface area contributed by atoms with E-state index in [2.05, 4.69) is 9.97 Å². The minimum absolute atomic E-state index is 0.0565. The summed E-state index contributed by atoms with van der Waals surface area (Å²) in [5.41, 5.74) is -0.539. The van der Waals surface area contributed by atoms with Gasteiger partial charge in [-0.2, -0.15) is 17.5 Å². The molecule has 0 atom stereocenters. The molecule has 1 fully saturated rings. The highest BCUT2D eigenvalue weighted by Gasteiger charge is 2.40. The third-order valence-corrected chi connectivity index (χ3v) is 8.72. The Bertz CT molecular complexity index is 1530. The molecule has 1 saturated heterocycles. The fourth-order valence-electron chi connectivity index (χ4n) is 4.45. The lowest BCUT2D eigenvalue weighted by atomic mass is 9.84. The van der Waals surface area contributed by atoms with Gasteiger partial charge in [-0.15, -0.1) is 0 Å². The average Bonchev–Trinajstić information content (AvgIpc) is 3.28. The van der Waals surface area contributed by atoms with E-state index in [1.807, 2.05) is 30.3 Å². The van der Waals surface area contributed by atoms with Gasteiger partial charge in [0.2, 0.25) is 10.0 Å². The number of benzene rings is 3. The fraction of sp³-hybridized carbons (Fsp3) is 0.240. The lowest BCUT2D eigenvalue weighted by Gasteiger charge is -2.38. The van der Waals surface area contributed by atoms with Crippen LogP contribution in [0, 0.1) is 0 Å². The summed E-state index contributed by atoms with van der Waals surface area (Å²) in [4.78, 5) is 7.73. The quantitative estimate of drug-likeness (QED) is 0.357. The Morgan fingerprint density at radius 1 is 1.00 bits per heavy atom.